The number of carbonyl (C=O) groups is 1. The highest BCUT2D eigenvalue weighted by Gasteiger charge is 2.31. The van der Waals surface area contributed by atoms with Crippen LogP contribution in [0.1, 0.15) is 43.2 Å². The fourth-order valence-corrected chi connectivity index (χ4v) is 2.70. The molecule has 2 rings (SSSR count). The maximum Gasteiger partial charge on any atom is 0.416 e. The van der Waals surface area contributed by atoms with Gasteiger partial charge < -0.3 is 9.84 Å². The molecule has 1 saturated carbocycles. The Balaban J connectivity index is 2.18. The van der Waals surface area contributed by atoms with Crippen LogP contribution in [0, 0.1) is 5.92 Å². The summed E-state index contributed by atoms with van der Waals surface area (Å²) in [5.74, 6) is -0.749. The van der Waals surface area contributed by atoms with E-state index in [0.29, 0.717) is 18.1 Å². The largest absolute Gasteiger partial charge is 0.493 e. The van der Waals surface area contributed by atoms with Gasteiger partial charge in [0.2, 0.25) is 0 Å². The van der Waals surface area contributed by atoms with Crippen molar-refractivity contribution < 1.29 is 27.8 Å². The molecule has 0 aliphatic heterocycles. The van der Waals surface area contributed by atoms with Gasteiger partial charge in [-0.3, -0.25) is 0 Å². The molecule has 0 heterocycles. The Labute approximate surface area is 132 Å². The summed E-state index contributed by atoms with van der Waals surface area (Å²) in [6.07, 6.45) is 3.11. The minimum Gasteiger partial charge on any atom is -0.493 e. The Morgan fingerprint density at radius 2 is 1.96 bits per heavy atom. The van der Waals surface area contributed by atoms with Crippen LogP contribution in [0.3, 0.4) is 0 Å². The van der Waals surface area contributed by atoms with Crippen molar-refractivity contribution in [2.24, 2.45) is 5.92 Å². The van der Waals surface area contributed by atoms with Gasteiger partial charge in [0.15, 0.2) is 0 Å². The van der Waals surface area contributed by atoms with Crippen molar-refractivity contribution in [1.29, 1.82) is 0 Å². The molecule has 0 spiro atoms. The molecule has 0 amide bonds. The molecule has 1 aliphatic carbocycles. The molecular weight excluding hydrogens is 309 g/mol. The monoisotopic (exact) mass is 328 g/mol. The quantitative estimate of drug-likeness (QED) is 0.793. The Bertz CT molecular complexity index is 573. The van der Waals surface area contributed by atoms with Crippen LogP contribution in [-0.2, 0) is 11.0 Å². The Morgan fingerprint density at radius 3 is 2.57 bits per heavy atom. The lowest BCUT2D eigenvalue weighted by molar-refractivity contribution is -0.137. The van der Waals surface area contributed by atoms with Gasteiger partial charge in [-0.15, -0.1) is 0 Å². The highest BCUT2D eigenvalue weighted by atomic mass is 19.4. The van der Waals surface area contributed by atoms with Crippen molar-refractivity contribution >= 4 is 12.0 Å². The van der Waals surface area contributed by atoms with Gasteiger partial charge in [-0.1, -0.05) is 25.3 Å². The number of hydrogen-bond donors (Lipinski definition) is 1. The van der Waals surface area contributed by atoms with Crippen molar-refractivity contribution in [3.05, 3.63) is 35.4 Å². The molecule has 0 unspecified atom stereocenters. The number of halogens is 3. The van der Waals surface area contributed by atoms with Gasteiger partial charge in [-0.2, -0.15) is 13.2 Å². The second-order valence-electron chi connectivity index (χ2n) is 5.74. The zero-order chi connectivity index (χ0) is 16.9. The number of carboxylic acid groups (broad SMARTS) is 1. The fraction of sp³-hybridized carbons (Fsp3) is 0.471. The second-order valence-corrected chi connectivity index (χ2v) is 5.74. The zero-order valence-electron chi connectivity index (χ0n) is 12.6. The van der Waals surface area contributed by atoms with E-state index in [0.717, 1.165) is 43.9 Å². The van der Waals surface area contributed by atoms with Crippen LogP contribution >= 0.6 is 0 Å². The van der Waals surface area contributed by atoms with E-state index in [1.165, 1.54) is 18.6 Å². The number of carboxylic acids is 1. The lowest BCUT2D eigenvalue weighted by Gasteiger charge is -2.22. The molecule has 3 nitrogen and oxygen atoms in total. The number of benzene rings is 1. The SMILES string of the molecule is O=C(O)/C=C/c1ccc(C(F)(F)F)cc1OCC1CCCCC1. The summed E-state index contributed by atoms with van der Waals surface area (Å²) in [7, 11) is 0. The molecule has 0 bridgehead atoms. The van der Waals surface area contributed by atoms with E-state index in [9.17, 15) is 18.0 Å². The minimum atomic E-state index is -4.46. The van der Waals surface area contributed by atoms with Crippen LogP contribution < -0.4 is 4.74 Å². The van der Waals surface area contributed by atoms with Crippen molar-refractivity contribution in [2.75, 3.05) is 6.61 Å². The number of rotatable bonds is 5. The Morgan fingerprint density at radius 1 is 1.26 bits per heavy atom. The topological polar surface area (TPSA) is 46.5 Å². The first-order valence-electron chi connectivity index (χ1n) is 7.61. The maximum absolute atomic E-state index is 12.8. The van der Waals surface area contributed by atoms with Crippen LogP contribution in [0.5, 0.6) is 5.75 Å². The van der Waals surface area contributed by atoms with E-state index in [4.69, 9.17) is 9.84 Å². The van der Waals surface area contributed by atoms with Gasteiger partial charge >= 0.3 is 12.1 Å². The highest BCUT2D eigenvalue weighted by molar-refractivity contribution is 5.85. The van der Waals surface area contributed by atoms with Crippen LogP contribution in [-0.4, -0.2) is 17.7 Å². The molecule has 0 atom stereocenters. The van der Waals surface area contributed by atoms with Gasteiger partial charge in [-0.05, 0) is 37.0 Å². The van der Waals surface area contributed by atoms with E-state index in [1.54, 1.807) is 0 Å². The van der Waals surface area contributed by atoms with E-state index < -0.39 is 17.7 Å². The summed E-state index contributed by atoms with van der Waals surface area (Å²) < 4.78 is 44.1. The molecule has 23 heavy (non-hydrogen) atoms. The van der Waals surface area contributed by atoms with Gasteiger partial charge in [-0.25, -0.2) is 4.79 Å². The summed E-state index contributed by atoms with van der Waals surface area (Å²) in [5.41, 5.74) is -0.472. The smallest absolute Gasteiger partial charge is 0.416 e. The normalized spacial score (nSPS) is 16.7. The van der Waals surface area contributed by atoms with Gasteiger partial charge in [0, 0.05) is 11.6 Å². The molecular formula is C17H19F3O3. The predicted molar refractivity (Wildman–Crippen MR) is 80.2 cm³/mol. The van der Waals surface area contributed by atoms with Crippen molar-refractivity contribution in [3.63, 3.8) is 0 Å². The number of aliphatic carboxylic acids is 1. The molecule has 0 saturated heterocycles. The average Bonchev–Trinajstić information content (AvgIpc) is 2.51. The van der Waals surface area contributed by atoms with Gasteiger partial charge in [0.1, 0.15) is 5.75 Å². The first kappa shape index (κ1) is 17.4. The standard InChI is InChI=1S/C17H19F3O3/c18-17(19,20)14-8-6-13(7-9-16(21)22)15(10-14)23-11-12-4-2-1-3-5-12/h6-10,12H,1-5,11H2,(H,21,22)/b9-7+. The zero-order valence-corrected chi connectivity index (χ0v) is 12.6. The Hall–Kier alpha value is -1.98. The van der Waals surface area contributed by atoms with E-state index in [-0.39, 0.29) is 5.75 Å². The lowest BCUT2D eigenvalue weighted by Crippen LogP contribution is -2.16. The van der Waals surface area contributed by atoms with Crippen molar-refractivity contribution in [2.45, 2.75) is 38.3 Å². The molecule has 1 N–H and O–H groups in total. The molecule has 1 aromatic rings. The van der Waals surface area contributed by atoms with Crippen LogP contribution in [0.4, 0.5) is 13.2 Å². The number of alkyl halides is 3. The van der Waals surface area contributed by atoms with E-state index >= 15 is 0 Å². The van der Waals surface area contributed by atoms with Gasteiger partial charge in [0.25, 0.3) is 0 Å². The number of hydrogen-bond acceptors (Lipinski definition) is 2. The molecule has 1 fully saturated rings. The predicted octanol–water partition coefficient (Wildman–Crippen LogP) is 4.76. The minimum absolute atomic E-state index is 0.0721. The third kappa shape index (κ3) is 5.30. The maximum atomic E-state index is 12.8. The molecule has 1 aliphatic rings. The summed E-state index contributed by atoms with van der Waals surface area (Å²) in [6, 6.07) is 3.10. The van der Waals surface area contributed by atoms with Crippen LogP contribution in [0.25, 0.3) is 6.08 Å². The van der Waals surface area contributed by atoms with Crippen LogP contribution in [0.2, 0.25) is 0 Å². The van der Waals surface area contributed by atoms with Crippen LogP contribution in [0.15, 0.2) is 24.3 Å². The van der Waals surface area contributed by atoms with Gasteiger partial charge in [0.05, 0.1) is 12.2 Å². The second kappa shape index (κ2) is 7.53. The summed E-state index contributed by atoms with van der Waals surface area (Å²) in [6.45, 7) is 0.356. The molecule has 6 heteroatoms. The first-order valence-corrected chi connectivity index (χ1v) is 7.61. The van der Waals surface area contributed by atoms with E-state index in [2.05, 4.69) is 0 Å². The van der Waals surface area contributed by atoms with Crippen molar-refractivity contribution in [3.8, 4) is 5.75 Å². The first-order chi connectivity index (χ1) is 10.9. The summed E-state index contributed by atoms with van der Waals surface area (Å²) >= 11 is 0. The summed E-state index contributed by atoms with van der Waals surface area (Å²) in [5, 5.41) is 8.68. The molecule has 0 aromatic heterocycles. The molecule has 126 valence electrons. The average molecular weight is 328 g/mol. The number of ether oxygens (including phenoxy) is 1. The molecule has 0 radical (unpaired) electrons. The van der Waals surface area contributed by atoms with E-state index in [1.807, 2.05) is 0 Å². The molecule has 1 aromatic carbocycles. The Kier molecular flexibility index (Phi) is 5.69. The lowest BCUT2D eigenvalue weighted by atomic mass is 9.90. The highest BCUT2D eigenvalue weighted by Crippen LogP contribution is 2.34. The third-order valence-electron chi connectivity index (χ3n) is 3.95. The fourth-order valence-electron chi connectivity index (χ4n) is 2.70. The summed E-state index contributed by atoms with van der Waals surface area (Å²) in [4.78, 5) is 10.6. The van der Waals surface area contributed by atoms with Crippen molar-refractivity contribution in [1.82, 2.24) is 0 Å². The third-order valence-corrected chi connectivity index (χ3v) is 3.95.